The zero-order valence-corrected chi connectivity index (χ0v) is 12.1. The normalized spacial score (nSPS) is 10.2. The number of carbonyl (C=O) groups excluding carboxylic acids is 1. The lowest BCUT2D eigenvalue weighted by Gasteiger charge is -2.19. The topological polar surface area (TPSA) is 71.2 Å². The van der Waals surface area contributed by atoms with Crippen molar-refractivity contribution in [1.29, 1.82) is 0 Å². The maximum absolute atomic E-state index is 12.1. The molecule has 1 aromatic carbocycles. The Bertz CT molecular complexity index is 648. The average molecular weight is 311 g/mol. The highest BCUT2D eigenvalue weighted by atomic mass is 35.5. The van der Waals surface area contributed by atoms with E-state index in [0.29, 0.717) is 27.1 Å². The predicted octanol–water partition coefficient (Wildman–Crippen LogP) is 3.64. The lowest BCUT2D eigenvalue weighted by Crippen LogP contribution is -2.31. The van der Waals surface area contributed by atoms with Gasteiger partial charge in [0.25, 0.3) is 0 Å². The molecule has 20 heavy (non-hydrogen) atoms. The van der Waals surface area contributed by atoms with Crippen LogP contribution in [0.2, 0.25) is 10.0 Å². The summed E-state index contributed by atoms with van der Waals surface area (Å²) in [6.45, 7) is 0. The molecule has 0 radical (unpaired) electrons. The first-order chi connectivity index (χ1) is 9.49. The van der Waals surface area contributed by atoms with Gasteiger partial charge in [-0.2, -0.15) is 0 Å². The lowest BCUT2D eigenvalue weighted by molar-refractivity contribution is 0.258. The first kappa shape index (κ1) is 14.4. The number of carbonyl (C=O) groups is 1. The standard InChI is InChI=1S/C13H12Cl2N4O/c1-19(12-4-5-17-7-11(12)16)13(20)18-8-2-3-9(14)10(15)6-8/h2-7H,16H2,1H3,(H,18,20). The third kappa shape index (κ3) is 3.12. The Hall–Kier alpha value is -1.98. The molecule has 0 aliphatic carbocycles. The van der Waals surface area contributed by atoms with Crippen molar-refractivity contribution in [3.63, 3.8) is 0 Å². The molecule has 0 aliphatic rings. The van der Waals surface area contributed by atoms with Crippen LogP contribution in [0.4, 0.5) is 21.9 Å². The highest BCUT2D eigenvalue weighted by Crippen LogP contribution is 2.26. The van der Waals surface area contributed by atoms with Crippen LogP contribution in [0.15, 0.2) is 36.7 Å². The fourth-order valence-electron chi connectivity index (χ4n) is 1.60. The second-order valence-electron chi connectivity index (χ2n) is 4.05. The molecule has 0 saturated heterocycles. The number of halogens is 2. The maximum Gasteiger partial charge on any atom is 0.326 e. The van der Waals surface area contributed by atoms with E-state index in [4.69, 9.17) is 28.9 Å². The summed E-state index contributed by atoms with van der Waals surface area (Å²) in [5.74, 6) is 0. The van der Waals surface area contributed by atoms with Crippen molar-refractivity contribution in [3.05, 3.63) is 46.7 Å². The van der Waals surface area contributed by atoms with E-state index in [1.807, 2.05) is 0 Å². The molecule has 1 heterocycles. The van der Waals surface area contributed by atoms with Crippen LogP contribution < -0.4 is 16.0 Å². The maximum atomic E-state index is 12.1. The average Bonchev–Trinajstić information content (AvgIpc) is 2.42. The van der Waals surface area contributed by atoms with Gasteiger partial charge in [-0.15, -0.1) is 0 Å². The molecule has 104 valence electrons. The van der Waals surface area contributed by atoms with Crippen molar-refractivity contribution in [2.75, 3.05) is 23.0 Å². The van der Waals surface area contributed by atoms with Crippen LogP contribution in [0.3, 0.4) is 0 Å². The first-order valence-electron chi connectivity index (χ1n) is 5.68. The number of nitrogen functional groups attached to an aromatic ring is 1. The molecule has 2 rings (SSSR count). The van der Waals surface area contributed by atoms with Crippen LogP contribution in [-0.2, 0) is 0 Å². The number of aromatic nitrogens is 1. The molecule has 3 N–H and O–H groups in total. The Morgan fingerprint density at radius 3 is 2.70 bits per heavy atom. The van der Waals surface area contributed by atoms with Gasteiger partial charge in [0.15, 0.2) is 0 Å². The molecule has 1 aromatic heterocycles. The van der Waals surface area contributed by atoms with Gasteiger partial charge < -0.3 is 11.1 Å². The van der Waals surface area contributed by atoms with Crippen LogP contribution in [0, 0.1) is 0 Å². The second kappa shape index (κ2) is 5.98. The van der Waals surface area contributed by atoms with Gasteiger partial charge in [-0.3, -0.25) is 9.88 Å². The number of pyridine rings is 1. The number of nitrogens with two attached hydrogens (primary N) is 1. The molecule has 0 unspecified atom stereocenters. The van der Waals surface area contributed by atoms with Gasteiger partial charge in [-0.25, -0.2) is 4.79 Å². The molecule has 0 aliphatic heterocycles. The van der Waals surface area contributed by atoms with Crippen molar-refractivity contribution in [3.8, 4) is 0 Å². The number of urea groups is 1. The summed E-state index contributed by atoms with van der Waals surface area (Å²) in [7, 11) is 1.61. The number of anilines is 3. The molecular formula is C13H12Cl2N4O. The molecule has 7 heteroatoms. The molecule has 0 spiro atoms. The summed E-state index contributed by atoms with van der Waals surface area (Å²) < 4.78 is 0. The summed E-state index contributed by atoms with van der Waals surface area (Å²) in [4.78, 5) is 17.4. The van der Waals surface area contributed by atoms with E-state index in [-0.39, 0.29) is 6.03 Å². The van der Waals surface area contributed by atoms with E-state index >= 15 is 0 Å². The smallest absolute Gasteiger partial charge is 0.326 e. The summed E-state index contributed by atoms with van der Waals surface area (Å²) in [6.07, 6.45) is 3.05. The fourth-order valence-corrected chi connectivity index (χ4v) is 1.89. The fraction of sp³-hybridized carbons (Fsp3) is 0.0769. The van der Waals surface area contributed by atoms with Gasteiger partial charge in [0.1, 0.15) is 0 Å². The first-order valence-corrected chi connectivity index (χ1v) is 6.44. The Balaban J connectivity index is 2.15. The minimum atomic E-state index is -0.346. The molecule has 2 amide bonds. The van der Waals surface area contributed by atoms with E-state index in [0.717, 1.165) is 0 Å². The van der Waals surface area contributed by atoms with Gasteiger partial charge in [-0.1, -0.05) is 23.2 Å². The van der Waals surface area contributed by atoms with Crippen molar-refractivity contribution >= 4 is 46.3 Å². The number of nitrogens with zero attached hydrogens (tertiary/aromatic N) is 2. The van der Waals surface area contributed by atoms with Crippen molar-refractivity contribution < 1.29 is 4.79 Å². The Labute approximate surface area is 126 Å². The van der Waals surface area contributed by atoms with Gasteiger partial charge in [0, 0.05) is 18.9 Å². The predicted molar refractivity (Wildman–Crippen MR) is 82.5 cm³/mol. The van der Waals surface area contributed by atoms with Gasteiger partial charge in [0.05, 0.1) is 27.6 Å². The Kier molecular flexibility index (Phi) is 4.32. The van der Waals surface area contributed by atoms with E-state index < -0.39 is 0 Å². The lowest BCUT2D eigenvalue weighted by atomic mass is 10.3. The third-order valence-electron chi connectivity index (χ3n) is 2.66. The van der Waals surface area contributed by atoms with Crippen LogP contribution in [-0.4, -0.2) is 18.1 Å². The highest BCUT2D eigenvalue weighted by Gasteiger charge is 2.13. The number of hydrogen-bond donors (Lipinski definition) is 2. The Morgan fingerprint density at radius 1 is 1.30 bits per heavy atom. The summed E-state index contributed by atoms with van der Waals surface area (Å²) in [5, 5.41) is 3.50. The SMILES string of the molecule is CN(C(=O)Nc1ccc(Cl)c(Cl)c1)c1ccncc1N. The molecule has 0 bridgehead atoms. The van der Waals surface area contributed by atoms with Gasteiger partial charge in [0.2, 0.25) is 0 Å². The van der Waals surface area contributed by atoms with Crippen LogP contribution in [0.5, 0.6) is 0 Å². The van der Waals surface area contributed by atoms with Crippen LogP contribution in [0.25, 0.3) is 0 Å². The number of benzene rings is 1. The number of rotatable bonds is 2. The number of amides is 2. The van der Waals surface area contributed by atoms with E-state index in [1.54, 1.807) is 37.5 Å². The van der Waals surface area contributed by atoms with Crippen LogP contribution in [0.1, 0.15) is 0 Å². The second-order valence-corrected chi connectivity index (χ2v) is 4.87. The number of hydrogen-bond acceptors (Lipinski definition) is 3. The monoisotopic (exact) mass is 310 g/mol. The van der Waals surface area contributed by atoms with Gasteiger partial charge >= 0.3 is 6.03 Å². The Morgan fingerprint density at radius 2 is 2.05 bits per heavy atom. The summed E-state index contributed by atoms with van der Waals surface area (Å²) in [5.41, 5.74) is 7.30. The third-order valence-corrected chi connectivity index (χ3v) is 3.40. The molecule has 0 atom stereocenters. The van der Waals surface area contributed by atoms with Crippen molar-refractivity contribution in [2.24, 2.45) is 0 Å². The van der Waals surface area contributed by atoms with E-state index in [9.17, 15) is 4.79 Å². The largest absolute Gasteiger partial charge is 0.396 e. The van der Waals surface area contributed by atoms with Crippen molar-refractivity contribution in [2.45, 2.75) is 0 Å². The molecular weight excluding hydrogens is 299 g/mol. The minimum Gasteiger partial charge on any atom is -0.396 e. The molecule has 2 aromatic rings. The zero-order chi connectivity index (χ0) is 14.7. The molecule has 5 nitrogen and oxygen atoms in total. The molecule has 0 fully saturated rings. The highest BCUT2D eigenvalue weighted by molar-refractivity contribution is 6.42. The summed E-state index contributed by atoms with van der Waals surface area (Å²) in [6, 6.07) is 6.16. The van der Waals surface area contributed by atoms with Gasteiger partial charge in [-0.05, 0) is 24.3 Å². The van der Waals surface area contributed by atoms with Crippen LogP contribution >= 0.6 is 23.2 Å². The van der Waals surface area contributed by atoms with E-state index in [1.165, 1.54) is 11.1 Å². The number of nitrogens with one attached hydrogen (secondary N) is 1. The van der Waals surface area contributed by atoms with Crippen molar-refractivity contribution in [1.82, 2.24) is 4.98 Å². The van der Waals surface area contributed by atoms with E-state index in [2.05, 4.69) is 10.3 Å². The zero-order valence-electron chi connectivity index (χ0n) is 10.6. The summed E-state index contributed by atoms with van der Waals surface area (Å²) >= 11 is 11.7. The molecule has 0 saturated carbocycles. The quantitative estimate of drug-likeness (QED) is 0.889. The minimum absolute atomic E-state index is 0.346.